The van der Waals surface area contributed by atoms with E-state index in [-0.39, 0.29) is 5.91 Å². The highest BCUT2D eigenvalue weighted by molar-refractivity contribution is 9.10. The average Bonchev–Trinajstić information content (AvgIpc) is 2.93. The fourth-order valence-corrected chi connectivity index (χ4v) is 3.20. The number of hydrogen-bond acceptors (Lipinski definition) is 4. The maximum atomic E-state index is 11.8. The van der Waals surface area contributed by atoms with Crippen LogP contribution >= 0.6 is 15.9 Å². The van der Waals surface area contributed by atoms with E-state index in [1.165, 1.54) is 0 Å². The summed E-state index contributed by atoms with van der Waals surface area (Å²) in [5.41, 5.74) is 1.91. The van der Waals surface area contributed by atoms with Gasteiger partial charge in [0.05, 0.1) is 5.69 Å². The number of rotatable bonds is 4. The van der Waals surface area contributed by atoms with Gasteiger partial charge in [-0.3, -0.25) is 9.69 Å². The van der Waals surface area contributed by atoms with Crippen molar-refractivity contribution in [3.05, 3.63) is 40.7 Å². The molecule has 6 heteroatoms. The standard InChI is InChI=1S/C18H22BrN3O2/c1-2-17(23)22-9-3-8-21(10-11-22)12-16-13-24-18(20-16)14-4-6-15(19)7-5-14/h4-7,13H,2-3,8-12H2,1H3. The molecule has 3 rings (SSSR count). The SMILES string of the molecule is CCC(=O)N1CCCN(Cc2coc(-c3ccc(Br)cc3)n2)CC1. The van der Waals surface area contributed by atoms with Crippen molar-refractivity contribution >= 4 is 21.8 Å². The Bertz CT molecular complexity index is 684. The molecular formula is C18H22BrN3O2. The van der Waals surface area contributed by atoms with Gasteiger partial charge < -0.3 is 9.32 Å². The first-order valence-electron chi connectivity index (χ1n) is 8.36. The summed E-state index contributed by atoms with van der Waals surface area (Å²) in [7, 11) is 0. The number of aromatic nitrogens is 1. The summed E-state index contributed by atoms with van der Waals surface area (Å²) in [6, 6.07) is 7.93. The minimum Gasteiger partial charge on any atom is -0.444 e. The van der Waals surface area contributed by atoms with E-state index < -0.39 is 0 Å². The second kappa shape index (κ2) is 7.94. The van der Waals surface area contributed by atoms with Gasteiger partial charge in [-0.15, -0.1) is 0 Å². The zero-order valence-electron chi connectivity index (χ0n) is 13.9. The average molecular weight is 392 g/mol. The number of benzene rings is 1. The Morgan fingerprint density at radius 3 is 2.75 bits per heavy atom. The summed E-state index contributed by atoms with van der Waals surface area (Å²) in [5, 5.41) is 0. The number of hydrogen-bond donors (Lipinski definition) is 0. The number of nitrogens with zero attached hydrogens (tertiary/aromatic N) is 3. The summed E-state index contributed by atoms with van der Waals surface area (Å²) in [4.78, 5) is 20.8. The molecule has 1 amide bonds. The van der Waals surface area contributed by atoms with E-state index in [4.69, 9.17) is 4.42 Å². The van der Waals surface area contributed by atoms with E-state index in [2.05, 4.69) is 25.8 Å². The Kier molecular flexibility index (Phi) is 5.68. The zero-order valence-corrected chi connectivity index (χ0v) is 15.5. The molecule has 0 N–H and O–H groups in total. The van der Waals surface area contributed by atoms with E-state index in [1.54, 1.807) is 6.26 Å². The van der Waals surface area contributed by atoms with Gasteiger partial charge in [0.15, 0.2) is 0 Å². The van der Waals surface area contributed by atoms with Crippen molar-refractivity contribution in [3.8, 4) is 11.5 Å². The van der Waals surface area contributed by atoms with Crippen molar-refractivity contribution in [2.75, 3.05) is 26.2 Å². The largest absolute Gasteiger partial charge is 0.444 e. The van der Waals surface area contributed by atoms with Crippen LogP contribution in [0.15, 0.2) is 39.4 Å². The van der Waals surface area contributed by atoms with Gasteiger partial charge in [0.25, 0.3) is 0 Å². The summed E-state index contributed by atoms with van der Waals surface area (Å²) in [5.74, 6) is 0.894. The van der Waals surface area contributed by atoms with Gasteiger partial charge >= 0.3 is 0 Å². The van der Waals surface area contributed by atoms with E-state index in [9.17, 15) is 4.79 Å². The van der Waals surface area contributed by atoms with Gasteiger partial charge in [-0.1, -0.05) is 22.9 Å². The molecule has 24 heavy (non-hydrogen) atoms. The van der Waals surface area contributed by atoms with Crippen LogP contribution in [0.1, 0.15) is 25.5 Å². The molecule has 1 aliphatic rings. The first kappa shape index (κ1) is 17.2. The highest BCUT2D eigenvalue weighted by Gasteiger charge is 2.19. The van der Waals surface area contributed by atoms with Crippen molar-refractivity contribution in [1.29, 1.82) is 0 Å². The predicted molar refractivity (Wildman–Crippen MR) is 96.4 cm³/mol. The molecular weight excluding hydrogens is 370 g/mol. The van der Waals surface area contributed by atoms with Crippen molar-refractivity contribution in [1.82, 2.24) is 14.8 Å². The first-order valence-corrected chi connectivity index (χ1v) is 9.15. The molecule has 1 aromatic heterocycles. The van der Waals surface area contributed by atoms with Crippen LogP contribution < -0.4 is 0 Å². The van der Waals surface area contributed by atoms with Gasteiger partial charge in [0.1, 0.15) is 6.26 Å². The molecule has 2 aromatic rings. The fourth-order valence-electron chi connectivity index (χ4n) is 2.94. The Labute approximate surface area is 150 Å². The molecule has 0 bridgehead atoms. The highest BCUT2D eigenvalue weighted by atomic mass is 79.9. The van der Waals surface area contributed by atoms with Crippen molar-refractivity contribution in [3.63, 3.8) is 0 Å². The minimum absolute atomic E-state index is 0.246. The van der Waals surface area contributed by atoms with Crippen LogP contribution in [-0.4, -0.2) is 46.9 Å². The molecule has 0 spiro atoms. The lowest BCUT2D eigenvalue weighted by Gasteiger charge is -2.20. The normalized spacial score (nSPS) is 16.2. The summed E-state index contributed by atoms with van der Waals surface area (Å²) >= 11 is 3.43. The van der Waals surface area contributed by atoms with Crippen LogP contribution in [-0.2, 0) is 11.3 Å². The maximum Gasteiger partial charge on any atom is 0.226 e. The van der Waals surface area contributed by atoms with Crippen molar-refractivity contribution in [2.24, 2.45) is 0 Å². The molecule has 2 heterocycles. The molecule has 0 atom stereocenters. The van der Waals surface area contributed by atoms with Gasteiger partial charge in [-0.05, 0) is 30.7 Å². The number of halogens is 1. The zero-order chi connectivity index (χ0) is 16.9. The molecule has 1 aromatic carbocycles. The Hall–Kier alpha value is -1.66. The summed E-state index contributed by atoms with van der Waals surface area (Å²) < 4.78 is 6.66. The molecule has 0 aliphatic carbocycles. The molecule has 1 fully saturated rings. The predicted octanol–water partition coefficient (Wildman–Crippen LogP) is 3.55. The molecule has 128 valence electrons. The van der Waals surface area contributed by atoms with Gasteiger partial charge in [-0.2, -0.15) is 0 Å². The van der Waals surface area contributed by atoms with Crippen molar-refractivity contribution in [2.45, 2.75) is 26.3 Å². The topological polar surface area (TPSA) is 49.6 Å². The molecule has 0 unspecified atom stereocenters. The van der Waals surface area contributed by atoms with Crippen molar-refractivity contribution < 1.29 is 9.21 Å². The van der Waals surface area contributed by atoms with Crippen LogP contribution in [0.5, 0.6) is 0 Å². The quantitative estimate of drug-likeness (QED) is 0.799. The molecule has 5 nitrogen and oxygen atoms in total. The number of carbonyl (C=O) groups is 1. The highest BCUT2D eigenvalue weighted by Crippen LogP contribution is 2.21. The van der Waals surface area contributed by atoms with Crippen LogP contribution in [0, 0.1) is 0 Å². The lowest BCUT2D eigenvalue weighted by molar-refractivity contribution is -0.130. The third kappa shape index (κ3) is 4.24. The summed E-state index contributed by atoms with van der Waals surface area (Å²) in [6.07, 6.45) is 3.32. The van der Waals surface area contributed by atoms with Crippen LogP contribution in [0.2, 0.25) is 0 Å². The lowest BCUT2D eigenvalue weighted by atomic mass is 10.2. The van der Waals surface area contributed by atoms with E-state index in [0.717, 1.165) is 54.9 Å². The van der Waals surface area contributed by atoms with Gasteiger partial charge in [0, 0.05) is 49.2 Å². The third-order valence-electron chi connectivity index (χ3n) is 4.27. The lowest BCUT2D eigenvalue weighted by Crippen LogP contribution is -2.34. The van der Waals surface area contributed by atoms with E-state index >= 15 is 0 Å². The monoisotopic (exact) mass is 391 g/mol. The molecule has 0 radical (unpaired) electrons. The Morgan fingerprint density at radius 1 is 1.21 bits per heavy atom. The smallest absolute Gasteiger partial charge is 0.226 e. The summed E-state index contributed by atoms with van der Waals surface area (Å²) in [6.45, 7) is 6.19. The minimum atomic E-state index is 0.246. The third-order valence-corrected chi connectivity index (χ3v) is 4.80. The number of amides is 1. The number of oxazole rings is 1. The van der Waals surface area contributed by atoms with Crippen LogP contribution in [0.4, 0.5) is 0 Å². The van der Waals surface area contributed by atoms with E-state index in [1.807, 2.05) is 36.1 Å². The Balaban J connectivity index is 1.60. The van der Waals surface area contributed by atoms with Crippen LogP contribution in [0.3, 0.4) is 0 Å². The molecule has 1 aliphatic heterocycles. The van der Waals surface area contributed by atoms with Gasteiger partial charge in [-0.25, -0.2) is 4.98 Å². The van der Waals surface area contributed by atoms with E-state index in [0.29, 0.717) is 12.3 Å². The molecule has 0 saturated carbocycles. The van der Waals surface area contributed by atoms with Gasteiger partial charge in [0.2, 0.25) is 11.8 Å². The Morgan fingerprint density at radius 2 is 2.00 bits per heavy atom. The fraction of sp³-hybridized carbons (Fsp3) is 0.444. The second-order valence-electron chi connectivity index (χ2n) is 6.01. The molecule has 1 saturated heterocycles. The maximum absolute atomic E-state index is 11.8. The number of carbonyl (C=O) groups excluding carboxylic acids is 1. The van der Waals surface area contributed by atoms with Crippen LogP contribution in [0.25, 0.3) is 11.5 Å². The second-order valence-corrected chi connectivity index (χ2v) is 6.93. The first-order chi connectivity index (χ1) is 11.7.